The van der Waals surface area contributed by atoms with E-state index < -0.39 is 5.92 Å². The first-order valence-corrected chi connectivity index (χ1v) is 11.8. The summed E-state index contributed by atoms with van der Waals surface area (Å²) in [4.78, 5) is 10.9. The van der Waals surface area contributed by atoms with Gasteiger partial charge in [-0.15, -0.1) is 5.10 Å². The number of aromatic nitrogens is 6. The van der Waals surface area contributed by atoms with Gasteiger partial charge in [-0.1, -0.05) is 13.8 Å². The van der Waals surface area contributed by atoms with E-state index in [0.717, 1.165) is 27.7 Å². The molecule has 0 aliphatic carbocycles. The van der Waals surface area contributed by atoms with Gasteiger partial charge in [0.15, 0.2) is 5.82 Å². The molecule has 0 bridgehead atoms. The number of fused-ring (bicyclic) bond motifs is 1. The molecule has 4 aromatic heterocycles. The number of hydrogen-bond donors (Lipinski definition) is 1. The number of nitrogens with zero attached hydrogens (tertiary/aromatic N) is 7. The summed E-state index contributed by atoms with van der Waals surface area (Å²) in [7, 11) is 1.59. The van der Waals surface area contributed by atoms with Gasteiger partial charge in [0.2, 0.25) is 0 Å². The third-order valence-corrected chi connectivity index (χ3v) is 6.20. The number of rotatable bonds is 9. The standard InChI is InChI=1S/C25H28F2N8O/c1-16(2)17-7-24(33-29-9-17)32-23-5-4-21-22(31-23)6-18(8-28-21)19-10-30-35(11-19)13-20(36-3)12-34-14-25(26,27)15-34/h4-11,16,20H,12-15H2,1-3H3,(H,31,32,33). The Labute approximate surface area is 207 Å². The summed E-state index contributed by atoms with van der Waals surface area (Å²) in [6.45, 7) is 4.66. The topological polar surface area (TPSA) is 93.9 Å². The van der Waals surface area contributed by atoms with Crippen molar-refractivity contribution in [2.45, 2.75) is 38.3 Å². The van der Waals surface area contributed by atoms with Gasteiger partial charge in [-0.2, -0.15) is 10.2 Å². The zero-order valence-corrected chi connectivity index (χ0v) is 20.4. The molecule has 0 aromatic carbocycles. The summed E-state index contributed by atoms with van der Waals surface area (Å²) in [5.41, 5.74) is 4.34. The van der Waals surface area contributed by atoms with Crippen LogP contribution in [0.3, 0.4) is 0 Å². The Morgan fingerprint density at radius 1 is 1.03 bits per heavy atom. The van der Waals surface area contributed by atoms with Crippen molar-refractivity contribution in [3.8, 4) is 11.1 Å². The van der Waals surface area contributed by atoms with E-state index in [2.05, 4.69) is 39.4 Å². The minimum Gasteiger partial charge on any atom is -0.378 e. The highest BCUT2D eigenvalue weighted by Crippen LogP contribution is 2.27. The predicted octanol–water partition coefficient (Wildman–Crippen LogP) is 4.12. The number of likely N-dealkylation sites (tertiary alicyclic amines) is 1. The van der Waals surface area contributed by atoms with E-state index in [1.165, 1.54) is 0 Å². The molecule has 9 nitrogen and oxygen atoms in total. The van der Waals surface area contributed by atoms with Crippen LogP contribution in [0.25, 0.3) is 22.2 Å². The van der Waals surface area contributed by atoms with Gasteiger partial charge in [-0.05, 0) is 35.7 Å². The number of halogens is 2. The van der Waals surface area contributed by atoms with Crippen LogP contribution < -0.4 is 5.32 Å². The van der Waals surface area contributed by atoms with Gasteiger partial charge >= 0.3 is 0 Å². The number of hydrogen-bond acceptors (Lipinski definition) is 8. The number of nitrogens with one attached hydrogen (secondary N) is 1. The highest BCUT2D eigenvalue weighted by molar-refractivity contribution is 5.81. The maximum Gasteiger partial charge on any atom is 0.272 e. The van der Waals surface area contributed by atoms with Gasteiger partial charge in [0, 0.05) is 37.2 Å². The van der Waals surface area contributed by atoms with Crippen molar-refractivity contribution >= 4 is 22.7 Å². The largest absolute Gasteiger partial charge is 0.378 e. The molecule has 5 rings (SSSR count). The molecule has 1 aliphatic rings. The molecule has 0 spiro atoms. The van der Waals surface area contributed by atoms with Crippen molar-refractivity contribution in [3.05, 3.63) is 54.6 Å². The van der Waals surface area contributed by atoms with Gasteiger partial charge in [0.1, 0.15) is 5.82 Å². The average molecular weight is 495 g/mol. The molecule has 4 aromatic rings. The average Bonchev–Trinajstić information content (AvgIpc) is 3.30. The second-order valence-electron chi connectivity index (χ2n) is 9.45. The number of pyridine rings is 2. The summed E-state index contributed by atoms with van der Waals surface area (Å²) in [5.74, 6) is -0.965. The second kappa shape index (κ2) is 9.82. The van der Waals surface area contributed by atoms with E-state index in [4.69, 9.17) is 9.72 Å². The number of alkyl halides is 2. The van der Waals surface area contributed by atoms with Gasteiger partial charge in [0.05, 0.1) is 49.2 Å². The summed E-state index contributed by atoms with van der Waals surface area (Å²) >= 11 is 0. The fraction of sp³-hybridized carbons (Fsp3) is 0.400. The van der Waals surface area contributed by atoms with Crippen molar-refractivity contribution in [1.82, 2.24) is 34.8 Å². The molecule has 5 heterocycles. The summed E-state index contributed by atoms with van der Waals surface area (Å²) in [6, 6.07) is 7.68. The molecule has 1 fully saturated rings. The first-order valence-electron chi connectivity index (χ1n) is 11.8. The number of ether oxygens (including phenoxy) is 1. The van der Waals surface area contributed by atoms with Crippen molar-refractivity contribution in [1.29, 1.82) is 0 Å². The van der Waals surface area contributed by atoms with Crippen LogP contribution in [-0.4, -0.2) is 73.6 Å². The molecule has 11 heteroatoms. The molecule has 1 N–H and O–H groups in total. The monoisotopic (exact) mass is 494 g/mol. The lowest BCUT2D eigenvalue weighted by Gasteiger charge is -2.40. The predicted molar refractivity (Wildman–Crippen MR) is 132 cm³/mol. The lowest BCUT2D eigenvalue weighted by Crippen LogP contribution is -2.58. The molecule has 188 valence electrons. The van der Waals surface area contributed by atoms with E-state index in [1.807, 2.05) is 30.5 Å². The van der Waals surface area contributed by atoms with Crippen LogP contribution in [0, 0.1) is 0 Å². The van der Waals surface area contributed by atoms with Crippen molar-refractivity contribution in [2.24, 2.45) is 0 Å². The van der Waals surface area contributed by atoms with E-state index in [1.54, 1.807) is 35.3 Å². The molecule has 1 aliphatic heterocycles. The third-order valence-electron chi connectivity index (χ3n) is 6.20. The van der Waals surface area contributed by atoms with Crippen molar-refractivity contribution in [3.63, 3.8) is 0 Å². The van der Waals surface area contributed by atoms with Crippen LogP contribution >= 0.6 is 0 Å². The highest BCUT2D eigenvalue weighted by Gasteiger charge is 2.44. The number of anilines is 2. The van der Waals surface area contributed by atoms with E-state index in [9.17, 15) is 8.78 Å². The van der Waals surface area contributed by atoms with Crippen LogP contribution in [0.5, 0.6) is 0 Å². The van der Waals surface area contributed by atoms with E-state index in [-0.39, 0.29) is 19.2 Å². The lowest BCUT2D eigenvalue weighted by atomic mass is 10.1. The summed E-state index contributed by atoms with van der Waals surface area (Å²) in [5, 5.41) is 15.9. The van der Waals surface area contributed by atoms with Gasteiger partial charge in [-0.3, -0.25) is 14.6 Å². The van der Waals surface area contributed by atoms with Gasteiger partial charge in [0.25, 0.3) is 5.92 Å². The zero-order chi connectivity index (χ0) is 25.3. The fourth-order valence-electron chi connectivity index (χ4n) is 4.18. The van der Waals surface area contributed by atoms with Gasteiger partial charge in [-0.25, -0.2) is 13.8 Å². The minimum absolute atomic E-state index is 0.223. The lowest BCUT2D eigenvalue weighted by molar-refractivity contribution is -0.141. The Kier molecular flexibility index (Phi) is 6.59. The van der Waals surface area contributed by atoms with Crippen LogP contribution in [0.2, 0.25) is 0 Å². The molecule has 1 saturated heterocycles. The SMILES string of the molecule is COC(CN1CC(F)(F)C1)Cn1cc(-c2cnc3ccc(Nc4cc(C(C)C)cnn4)nc3c2)cn1. The molecule has 1 unspecified atom stereocenters. The maximum atomic E-state index is 13.1. The molecular weight excluding hydrogens is 466 g/mol. The summed E-state index contributed by atoms with van der Waals surface area (Å²) in [6.07, 6.45) is 6.96. The maximum absolute atomic E-state index is 13.1. The molecule has 1 atom stereocenters. The number of methoxy groups -OCH3 is 1. The Morgan fingerprint density at radius 3 is 2.61 bits per heavy atom. The first kappa shape index (κ1) is 24.1. The third kappa shape index (κ3) is 5.47. The van der Waals surface area contributed by atoms with Crippen molar-refractivity contribution in [2.75, 3.05) is 32.1 Å². The van der Waals surface area contributed by atoms with Crippen LogP contribution in [0.15, 0.2) is 49.1 Å². The molecule has 0 radical (unpaired) electrons. The highest BCUT2D eigenvalue weighted by atomic mass is 19.3. The van der Waals surface area contributed by atoms with E-state index >= 15 is 0 Å². The van der Waals surface area contributed by atoms with Crippen LogP contribution in [0.4, 0.5) is 20.4 Å². The molecule has 36 heavy (non-hydrogen) atoms. The zero-order valence-electron chi connectivity index (χ0n) is 20.4. The normalized spacial score (nSPS) is 16.3. The Bertz CT molecular complexity index is 1350. The fourth-order valence-corrected chi connectivity index (χ4v) is 4.18. The van der Waals surface area contributed by atoms with E-state index in [0.29, 0.717) is 30.6 Å². The smallest absolute Gasteiger partial charge is 0.272 e. The Hall–Kier alpha value is -3.57. The first-order chi connectivity index (χ1) is 17.3. The van der Waals surface area contributed by atoms with Gasteiger partial charge < -0.3 is 10.1 Å². The summed E-state index contributed by atoms with van der Waals surface area (Å²) < 4.78 is 33.5. The Balaban J connectivity index is 1.30. The minimum atomic E-state index is -2.59. The van der Waals surface area contributed by atoms with Crippen molar-refractivity contribution < 1.29 is 13.5 Å². The molecule has 0 amide bonds. The Morgan fingerprint density at radius 2 is 1.86 bits per heavy atom. The molecular formula is C25H28F2N8O. The molecule has 0 saturated carbocycles. The van der Waals surface area contributed by atoms with Crippen LogP contribution in [0.1, 0.15) is 25.3 Å². The second-order valence-corrected chi connectivity index (χ2v) is 9.45. The quantitative estimate of drug-likeness (QED) is 0.372. The van der Waals surface area contributed by atoms with Crippen LogP contribution in [-0.2, 0) is 11.3 Å².